The van der Waals surface area contributed by atoms with Crippen LogP contribution in [0.5, 0.6) is 0 Å². The van der Waals surface area contributed by atoms with Crippen LogP contribution in [-0.4, -0.2) is 18.1 Å². The smallest absolute Gasteiger partial charge is 0.418 e. The maximum atomic E-state index is 12.9. The number of rotatable bonds is 3. The number of hydrogen-bond donors (Lipinski definition) is 0. The Morgan fingerprint density at radius 1 is 1.42 bits per heavy atom. The number of carbonyl (C=O) groups is 1. The van der Waals surface area contributed by atoms with Crippen LogP contribution in [0.2, 0.25) is 0 Å². The fraction of sp³-hybridized carbons (Fsp3) is 0.455. The number of alkyl halides is 5. The van der Waals surface area contributed by atoms with Gasteiger partial charge in [-0.1, -0.05) is 0 Å². The van der Waals surface area contributed by atoms with Crippen molar-refractivity contribution >= 4 is 5.97 Å². The van der Waals surface area contributed by atoms with Gasteiger partial charge >= 0.3 is 12.1 Å². The molecule has 0 aliphatic carbocycles. The van der Waals surface area contributed by atoms with E-state index in [1.54, 1.807) is 0 Å². The molecule has 0 aliphatic rings. The van der Waals surface area contributed by atoms with Gasteiger partial charge in [-0.2, -0.15) is 13.2 Å². The lowest BCUT2D eigenvalue weighted by atomic mass is 9.99. The van der Waals surface area contributed by atoms with Crippen molar-refractivity contribution in [2.75, 3.05) is 7.11 Å². The first-order valence-electron chi connectivity index (χ1n) is 5.09. The summed E-state index contributed by atoms with van der Waals surface area (Å²) < 4.78 is 68.0. The van der Waals surface area contributed by atoms with Crippen molar-refractivity contribution in [2.45, 2.75) is 25.9 Å². The molecule has 8 heteroatoms. The first-order chi connectivity index (χ1) is 8.68. The summed E-state index contributed by atoms with van der Waals surface area (Å²) in [4.78, 5) is 14.5. The quantitative estimate of drug-likeness (QED) is 0.632. The minimum atomic E-state index is -4.96. The number of nitrogens with zero attached hydrogens (tertiary/aromatic N) is 1. The molecule has 19 heavy (non-hydrogen) atoms. The third kappa shape index (κ3) is 3.39. The van der Waals surface area contributed by atoms with E-state index in [0.717, 1.165) is 7.11 Å². The molecule has 3 nitrogen and oxygen atoms in total. The van der Waals surface area contributed by atoms with Crippen LogP contribution >= 0.6 is 0 Å². The Morgan fingerprint density at radius 3 is 2.42 bits per heavy atom. The van der Waals surface area contributed by atoms with E-state index < -0.39 is 41.7 Å². The average Bonchev–Trinajstić information content (AvgIpc) is 2.29. The number of hydrogen-bond acceptors (Lipinski definition) is 3. The molecule has 0 radical (unpaired) electrons. The molecule has 0 aliphatic heterocycles. The topological polar surface area (TPSA) is 39.2 Å². The fourth-order valence-corrected chi connectivity index (χ4v) is 1.58. The van der Waals surface area contributed by atoms with Crippen LogP contribution in [0.25, 0.3) is 0 Å². The lowest BCUT2D eigenvalue weighted by Crippen LogP contribution is -2.17. The van der Waals surface area contributed by atoms with Gasteiger partial charge in [-0.25, -0.2) is 8.78 Å². The van der Waals surface area contributed by atoms with Crippen molar-refractivity contribution in [2.24, 2.45) is 0 Å². The molecule has 106 valence electrons. The van der Waals surface area contributed by atoms with Crippen molar-refractivity contribution in [3.8, 4) is 0 Å². The van der Waals surface area contributed by atoms with E-state index in [1.807, 2.05) is 0 Å². The lowest BCUT2D eigenvalue weighted by molar-refractivity contribution is -0.141. The van der Waals surface area contributed by atoms with Crippen molar-refractivity contribution in [1.29, 1.82) is 0 Å². The van der Waals surface area contributed by atoms with E-state index in [-0.39, 0.29) is 5.69 Å². The summed E-state index contributed by atoms with van der Waals surface area (Å²) in [5.41, 5.74) is -3.26. The van der Waals surface area contributed by atoms with E-state index >= 15 is 0 Å². The van der Waals surface area contributed by atoms with Gasteiger partial charge in [-0.3, -0.25) is 9.78 Å². The molecule has 1 aromatic rings. The fourth-order valence-electron chi connectivity index (χ4n) is 1.58. The zero-order valence-corrected chi connectivity index (χ0v) is 10.0. The van der Waals surface area contributed by atoms with Crippen LogP contribution in [0.1, 0.15) is 28.8 Å². The van der Waals surface area contributed by atoms with Gasteiger partial charge in [0.25, 0.3) is 6.43 Å². The summed E-state index contributed by atoms with van der Waals surface area (Å²) in [7, 11) is 1.01. The van der Waals surface area contributed by atoms with Crippen LogP contribution in [0.4, 0.5) is 22.0 Å². The number of pyridine rings is 1. The Balaban J connectivity index is 3.46. The minimum Gasteiger partial charge on any atom is -0.469 e. The number of esters is 1. The normalized spacial score (nSPS) is 11.8. The van der Waals surface area contributed by atoms with Gasteiger partial charge in [0, 0.05) is 17.5 Å². The standard InChI is InChI=1S/C11H10F5NO2/c1-5-6(3-8(18)19-2)9(10(12)13)7(4-17-5)11(14,15)16/h4,10H,3H2,1-2H3. The Labute approximate surface area is 105 Å². The molecule has 1 heterocycles. The first-order valence-corrected chi connectivity index (χ1v) is 5.09. The molecule has 0 spiro atoms. The summed E-state index contributed by atoms with van der Waals surface area (Å²) in [6.07, 6.45) is -8.66. The number of carbonyl (C=O) groups excluding carboxylic acids is 1. The van der Waals surface area contributed by atoms with Gasteiger partial charge < -0.3 is 4.74 Å². The van der Waals surface area contributed by atoms with Crippen molar-refractivity contribution in [3.63, 3.8) is 0 Å². The number of methoxy groups -OCH3 is 1. The predicted molar refractivity (Wildman–Crippen MR) is 54.7 cm³/mol. The SMILES string of the molecule is COC(=O)Cc1c(C)ncc(C(F)(F)F)c1C(F)F. The summed E-state index contributed by atoms with van der Waals surface area (Å²) >= 11 is 0. The second kappa shape index (κ2) is 5.50. The van der Waals surface area contributed by atoms with Gasteiger partial charge in [0.15, 0.2) is 0 Å². The van der Waals surface area contributed by atoms with Gasteiger partial charge in [0.1, 0.15) is 0 Å². The average molecular weight is 283 g/mol. The van der Waals surface area contributed by atoms with Gasteiger partial charge in [0.05, 0.1) is 19.1 Å². The summed E-state index contributed by atoms with van der Waals surface area (Å²) in [6.45, 7) is 1.25. The minimum absolute atomic E-state index is 0.0614. The highest BCUT2D eigenvalue weighted by Crippen LogP contribution is 2.38. The highest BCUT2D eigenvalue weighted by Gasteiger charge is 2.38. The number of aromatic nitrogens is 1. The molecule has 0 unspecified atom stereocenters. The third-order valence-electron chi connectivity index (χ3n) is 2.51. The molecule has 1 rings (SSSR count). The maximum Gasteiger partial charge on any atom is 0.418 e. The van der Waals surface area contributed by atoms with Crippen LogP contribution in [0.3, 0.4) is 0 Å². The summed E-state index contributed by atoms with van der Waals surface area (Å²) in [5.74, 6) is -0.911. The predicted octanol–water partition coefficient (Wildman–Crippen LogP) is 3.06. The van der Waals surface area contributed by atoms with E-state index in [1.165, 1.54) is 6.92 Å². The molecule has 1 aromatic heterocycles. The van der Waals surface area contributed by atoms with Crippen LogP contribution in [0.15, 0.2) is 6.20 Å². The molecular formula is C11H10F5NO2. The number of ether oxygens (including phenoxy) is 1. The molecule has 0 fully saturated rings. The Morgan fingerprint density at radius 2 is 2.00 bits per heavy atom. The van der Waals surface area contributed by atoms with E-state index in [4.69, 9.17) is 0 Å². The van der Waals surface area contributed by atoms with Crippen LogP contribution < -0.4 is 0 Å². The monoisotopic (exact) mass is 283 g/mol. The molecule has 0 N–H and O–H groups in total. The second-order valence-corrected chi connectivity index (χ2v) is 3.70. The summed E-state index contributed by atoms with van der Waals surface area (Å²) in [5, 5.41) is 0. The van der Waals surface area contributed by atoms with E-state index in [0.29, 0.717) is 6.20 Å². The van der Waals surface area contributed by atoms with Gasteiger partial charge in [-0.15, -0.1) is 0 Å². The molecule has 0 aromatic carbocycles. The number of aryl methyl sites for hydroxylation is 1. The van der Waals surface area contributed by atoms with Crippen molar-refractivity contribution in [3.05, 3.63) is 28.6 Å². The second-order valence-electron chi connectivity index (χ2n) is 3.70. The third-order valence-corrected chi connectivity index (χ3v) is 2.51. The largest absolute Gasteiger partial charge is 0.469 e. The first kappa shape index (κ1) is 15.3. The zero-order valence-electron chi connectivity index (χ0n) is 10.0. The highest BCUT2D eigenvalue weighted by molar-refractivity contribution is 5.73. The van der Waals surface area contributed by atoms with E-state index in [9.17, 15) is 26.7 Å². The molecule has 0 bridgehead atoms. The van der Waals surface area contributed by atoms with Crippen molar-refractivity contribution in [1.82, 2.24) is 4.98 Å². The lowest BCUT2D eigenvalue weighted by Gasteiger charge is -2.17. The van der Waals surface area contributed by atoms with Gasteiger partial charge in [0.2, 0.25) is 0 Å². The van der Waals surface area contributed by atoms with Crippen LogP contribution in [0, 0.1) is 6.92 Å². The molecule has 0 saturated carbocycles. The Kier molecular flexibility index (Phi) is 4.43. The van der Waals surface area contributed by atoms with Crippen molar-refractivity contribution < 1.29 is 31.5 Å². The number of halogens is 5. The summed E-state index contributed by atoms with van der Waals surface area (Å²) in [6, 6.07) is 0. The zero-order chi connectivity index (χ0) is 14.8. The van der Waals surface area contributed by atoms with Crippen LogP contribution in [-0.2, 0) is 22.1 Å². The molecule has 0 saturated heterocycles. The molecule has 0 atom stereocenters. The maximum absolute atomic E-state index is 12.9. The molecule has 0 amide bonds. The van der Waals surface area contributed by atoms with Gasteiger partial charge in [-0.05, 0) is 12.5 Å². The van der Waals surface area contributed by atoms with E-state index in [2.05, 4.69) is 9.72 Å². The molecular weight excluding hydrogens is 273 g/mol. The highest BCUT2D eigenvalue weighted by atomic mass is 19.4. The Hall–Kier alpha value is -1.73. The Bertz CT molecular complexity index is 485.